The molecule has 108 valence electrons. The zero-order valence-electron chi connectivity index (χ0n) is 12.3. The average molecular weight is 266 g/mol. The van der Waals surface area contributed by atoms with Gasteiger partial charge in [0.2, 0.25) is 0 Å². The number of ether oxygens (including phenoxy) is 1. The molecular weight excluding hydrogens is 240 g/mol. The lowest BCUT2D eigenvalue weighted by Gasteiger charge is -2.43. The summed E-state index contributed by atoms with van der Waals surface area (Å²) in [6.07, 6.45) is 6.32. The van der Waals surface area contributed by atoms with Crippen molar-refractivity contribution in [3.63, 3.8) is 0 Å². The van der Waals surface area contributed by atoms with E-state index in [-0.39, 0.29) is 5.60 Å². The minimum absolute atomic E-state index is 0.371. The van der Waals surface area contributed by atoms with E-state index in [1.807, 2.05) is 26.2 Å². The van der Waals surface area contributed by atoms with Gasteiger partial charge in [0.15, 0.2) is 0 Å². The van der Waals surface area contributed by atoms with Crippen LogP contribution < -0.4 is 0 Å². The number of nitrogens with zero attached hydrogens (tertiary/aromatic N) is 2. The first kappa shape index (κ1) is 14.5. The van der Waals surface area contributed by atoms with Gasteiger partial charge in [-0.2, -0.15) is 5.10 Å². The Morgan fingerprint density at radius 2 is 2.42 bits per heavy atom. The first-order chi connectivity index (χ1) is 9.05. The summed E-state index contributed by atoms with van der Waals surface area (Å²) in [6.45, 7) is 4.92. The van der Waals surface area contributed by atoms with Crippen LogP contribution in [0.25, 0.3) is 0 Å². The maximum atomic E-state index is 10.7. The highest BCUT2D eigenvalue weighted by Gasteiger charge is 2.42. The second kappa shape index (κ2) is 6.06. The maximum absolute atomic E-state index is 10.7. The Kier molecular flexibility index (Phi) is 4.63. The molecule has 1 N–H and O–H groups in total. The number of aliphatic hydroxyl groups is 1. The van der Waals surface area contributed by atoms with Gasteiger partial charge in [0.1, 0.15) is 0 Å². The predicted molar refractivity (Wildman–Crippen MR) is 74.9 cm³/mol. The van der Waals surface area contributed by atoms with E-state index in [4.69, 9.17) is 4.74 Å². The molecule has 1 aromatic heterocycles. The molecule has 0 aliphatic heterocycles. The van der Waals surface area contributed by atoms with Gasteiger partial charge in [-0.05, 0) is 31.7 Å². The van der Waals surface area contributed by atoms with E-state index in [1.165, 1.54) is 6.42 Å². The van der Waals surface area contributed by atoms with Gasteiger partial charge >= 0.3 is 0 Å². The van der Waals surface area contributed by atoms with Crippen molar-refractivity contribution in [2.75, 3.05) is 6.61 Å². The first-order valence-corrected chi connectivity index (χ1v) is 7.36. The quantitative estimate of drug-likeness (QED) is 0.889. The number of rotatable bonds is 5. The summed E-state index contributed by atoms with van der Waals surface area (Å²) in [5.74, 6) is 0.624. The highest BCUT2D eigenvalue weighted by atomic mass is 16.5. The van der Waals surface area contributed by atoms with Gasteiger partial charge in [-0.3, -0.25) is 4.68 Å². The van der Waals surface area contributed by atoms with Gasteiger partial charge in [0, 0.05) is 26.3 Å². The second-order valence-electron chi connectivity index (χ2n) is 5.90. The fourth-order valence-electron chi connectivity index (χ4n) is 3.32. The molecule has 0 amide bonds. The van der Waals surface area contributed by atoms with Crippen LogP contribution in [0.1, 0.15) is 45.2 Å². The molecule has 0 radical (unpaired) electrons. The van der Waals surface area contributed by atoms with Gasteiger partial charge < -0.3 is 9.84 Å². The Morgan fingerprint density at radius 1 is 1.63 bits per heavy atom. The van der Waals surface area contributed by atoms with Crippen molar-refractivity contribution < 1.29 is 9.84 Å². The van der Waals surface area contributed by atoms with Crippen LogP contribution in [-0.2, 0) is 18.2 Å². The van der Waals surface area contributed by atoms with Crippen LogP contribution in [-0.4, -0.2) is 33.2 Å². The highest BCUT2D eigenvalue weighted by molar-refractivity contribution is 5.05. The average Bonchev–Trinajstić information content (AvgIpc) is 2.75. The zero-order valence-corrected chi connectivity index (χ0v) is 12.3. The Hall–Kier alpha value is -0.870. The van der Waals surface area contributed by atoms with Crippen LogP contribution in [0.15, 0.2) is 12.3 Å². The van der Waals surface area contributed by atoms with Crippen LogP contribution in [0, 0.1) is 5.92 Å². The molecule has 1 aliphatic carbocycles. The number of aryl methyl sites for hydroxylation is 1. The minimum atomic E-state index is -0.468. The molecule has 4 nitrogen and oxygen atoms in total. The Morgan fingerprint density at radius 3 is 3.00 bits per heavy atom. The molecule has 1 fully saturated rings. The standard InChI is InChI=1S/C15H26N2O2/c1-4-19-15(8-5-6-12(2)11-15)14(18)10-13-7-9-17(3)16-13/h7,9,12,14,18H,4-6,8,10-11H2,1-3H3. The summed E-state index contributed by atoms with van der Waals surface area (Å²) in [4.78, 5) is 0. The summed E-state index contributed by atoms with van der Waals surface area (Å²) in [5.41, 5.74) is 0.566. The third-order valence-electron chi connectivity index (χ3n) is 4.20. The van der Waals surface area contributed by atoms with Crippen molar-refractivity contribution in [2.45, 2.75) is 57.7 Å². The number of hydrogen-bond acceptors (Lipinski definition) is 3. The number of aromatic nitrogens is 2. The van der Waals surface area contributed by atoms with E-state index in [2.05, 4.69) is 12.0 Å². The minimum Gasteiger partial charge on any atom is -0.390 e. The van der Waals surface area contributed by atoms with Crippen molar-refractivity contribution in [2.24, 2.45) is 13.0 Å². The fourth-order valence-corrected chi connectivity index (χ4v) is 3.32. The lowest BCUT2D eigenvalue weighted by Crippen LogP contribution is -2.49. The summed E-state index contributed by atoms with van der Waals surface area (Å²) in [6, 6.07) is 1.97. The molecule has 3 unspecified atom stereocenters. The molecule has 0 saturated heterocycles. The van der Waals surface area contributed by atoms with Gasteiger partial charge in [0.25, 0.3) is 0 Å². The molecule has 0 spiro atoms. The van der Waals surface area contributed by atoms with Crippen molar-refractivity contribution in [3.05, 3.63) is 18.0 Å². The monoisotopic (exact) mass is 266 g/mol. The predicted octanol–water partition coefficient (Wildman–Crippen LogP) is 2.31. The largest absolute Gasteiger partial charge is 0.390 e. The van der Waals surface area contributed by atoms with Crippen molar-refractivity contribution in [3.8, 4) is 0 Å². The summed E-state index contributed by atoms with van der Waals surface area (Å²) in [7, 11) is 1.90. The molecule has 1 saturated carbocycles. The summed E-state index contributed by atoms with van der Waals surface area (Å²) < 4.78 is 7.77. The van der Waals surface area contributed by atoms with Crippen molar-refractivity contribution in [1.82, 2.24) is 9.78 Å². The van der Waals surface area contributed by atoms with E-state index >= 15 is 0 Å². The molecule has 2 rings (SSSR count). The molecule has 4 heteroatoms. The molecule has 0 bridgehead atoms. The third-order valence-corrected chi connectivity index (χ3v) is 4.20. The van der Waals surface area contributed by atoms with Crippen LogP contribution in [0.2, 0.25) is 0 Å². The van der Waals surface area contributed by atoms with Crippen LogP contribution in [0.3, 0.4) is 0 Å². The van der Waals surface area contributed by atoms with Crippen molar-refractivity contribution in [1.29, 1.82) is 0 Å². The number of hydrogen-bond donors (Lipinski definition) is 1. The van der Waals surface area contributed by atoms with E-state index in [9.17, 15) is 5.11 Å². The molecular formula is C15H26N2O2. The Labute approximate surface area is 115 Å². The summed E-state index contributed by atoms with van der Waals surface area (Å²) in [5, 5.41) is 15.0. The molecule has 0 aromatic carbocycles. The van der Waals surface area contributed by atoms with Gasteiger partial charge in [-0.25, -0.2) is 0 Å². The molecule has 19 heavy (non-hydrogen) atoms. The molecule has 1 aromatic rings. The Balaban J connectivity index is 2.09. The topological polar surface area (TPSA) is 47.3 Å². The SMILES string of the molecule is CCOC1(C(O)Cc2ccn(C)n2)CCCC(C)C1. The maximum Gasteiger partial charge on any atom is 0.0946 e. The van der Waals surface area contributed by atoms with Crippen LogP contribution >= 0.6 is 0 Å². The molecule has 1 aliphatic rings. The highest BCUT2D eigenvalue weighted by Crippen LogP contribution is 2.38. The smallest absolute Gasteiger partial charge is 0.0946 e. The van der Waals surface area contributed by atoms with Crippen LogP contribution in [0.4, 0.5) is 0 Å². The van der Waals surface area contributed by atoms with Crippen LogP contribution in [0.5, 0.6) is 0 Å². The second-order valence-corrected chi connectivity index (χ2v) is 5.90. The van der Waals surface area contributed by atoms with E-state index in [1.54, 1.807) is 4.68 Å². The van der Waals surface area contributed by atoms with E-state index in [0.29, 0.717) is 18.9 Å². The number of aliphatic hydroxyl groups excluding tert-OH is 1. The lowest BCUT2D eigenvalue weighted by molar-refractivity contribution is -0.147. The van der Waals surface area contributed by atoms with Gasteiger partial charge in [0.05, 0.1) is 17.4 Å². The Bertz CT molecular complexity index is 401. The first-order valence-electron chi connectivity index (χ1n) is 7.36. The molecule has 1 heterocycles. The normalized spacial score (nSPS) is 29.4. The summed E-state index contributed by atoms with van der Waals surface area (Å²) >= 11 is 0. The van der Waals surface area contributed by atoms with Crippen molar-refractivity contribution >= 4 is 0 Å². The fraction of sp³-hybridized carbons (Fsp3) is 0.800. The van der Waals surface area contributed by atoms with E-state index < -0.39 is 6.10 Å². The van der Waals surface area contributed by atoms with Gasteiger partial charge in [-0.15, -0.1) is 0 Å². The lowest BCUT2D eigenvalue weighted by atomic mass is 9.74. The zero-order chi connectivity index (χ0) is 13.9. The van der Waals surface area contributed by atoms with E-state index in [0.717, 1.165) is 25.0 Å². The molecule has 3 atom stereocenters. The van der Waals surface area contributed by atoms with Gasteiger partial charge in [-0.1, -0.05) is 19.8 Å². The third kappa shape index (κ3) is 3.37.